The van der Waals surface area contributed by atoms with Gasteiger partial charge in [-0.2, -0.15) is 0 Å². The third kappa shape index (κ3) is 2.88. The molecule has 3 rings (SSSR count). The molecule has 0 aliphatic carbocycles. The van der Waals surface area contributed by atoms with Crippen LogP contribution in [0.5, 0.6) is 5.75 Å². The maximum Gasteiger partial charge on any atom is 0.267 e. The highest BCUT2D eigenvalue weighted by molar-refractivity contribution is 6.06. The highest BCUT2D eigenvalue weighted by atomic mass is 19.1. The number of hydrogen-bond acceptors (Lipinski definition) is 3. The number of fused-ring (bicyclic) bond motifs is 1. The monoisotopic (exact) mass is 314 g/mol. The number of rotatable bonds is 2. The molecular formula is C17H15FN2O3. The Hall–Kier alpha value is -2.89. The van der Waals surface area contributed by atoms with E-state index in [0.29, 0.717) is 22.7 Å². The molecule has 2 aromatic rings. The van der Waals surface area contributed by atoms with Crippen LogP contribution in [0.1, 0.15) is 17.3 Å². The molecule has 0 saturated heterocycles. The molecule has 2 aromatic carbocycles. The SMILES string of the molecule is CC1Oc2cc(C(=O)Nc3cccc(F)c3)ccc2N(C)C1=O. The van der Waals surface area contributed by atoms with E-state index < -0.39 is 11.9 Å². The Morgan fingerprint density at radius 2 is 2.04 bits per heavy atom. The Morgan fingerprint density at radius 1 is 1.26 bits per heavy atom. The van der Waals surface area contributed by atoms with Crippen molar-refractivity contribution in [1.29, 1.82) is 0 Å². The zero-order valence-corrected chi connectivity index (χ0v) is 12.7. The van der Waals surface area contributed by atoms with E-state index in [0.717, 1.165) is 0 Å². The van der Waals surface area contributed by atoms with Crippen molar-refractivity contribution in [3.63, 3.8) is 0 Å². The Labute approximate surface area is 132 Å². The van der Waals surface area contributed by atoms with Crippen molar-refractivity contribution in [2.24, 2.45) is 0 Å². The maximum absolute atomic E-state index is 13.2. The molecule has 0 fully saturated rings. The summed E-state index contributed by atoms with van der Waals surface area (Å²) in [5.41, 5.74) is 1.34. The molecule has 23 heavy (non-hydrogen) atoms. The van der Waals surface area contributed by atoms with Crippen LogP contribution in [0.4, 0.5) is 15.8 Å². The van der Waals surface area contributed by atoms with Crippen LogP contribution in [0, 0.1) is 5.82 Å². The number of carbonyl (C=O) groups excluding carboxylic acids is 2. The van der Waals surface area contributed by atoms with Crippen LogP contribution in [-0.4, -0.2) is 25.0 Å². The summed E-state index contributed by atoms with van der Waals surface area (Å²) in [4.78, 5) is 25.6. The van der Waals surface area contributed by atoms with Crippen LogP contribution in [0.3, 0.4) is 0 Å². The van der Waals surface area contributed by atoms with E-state index in [2.05, 4.69) is 5.32 Å². The van der Waals surface area contributed by atoms with Crippen LogP contribution < -0.4 is 15.0 Å². The third-order valence-corrected chi connectivity index (χ3v) is 3.65. The van der Waals surface area contributed by atoms with Gasteiger partial charge in [0, 0.05) is 18.3 Å². The summed E-state index contributed by atoms with van der Waals surface area (Å²) >= 11 is 0. The zero-order valence-electron chi connectivity index (χ0n) is 12.7. The number of nitrogens with one attached hydrogen (secondary N) is 1. The molecule has 0 spiro atoms. The van der Waals surface area contributed by atoms with Gasteiger partial charge in [0.15, 0.2) is 6.10 Å². The Bertz CT molecular complexity index is 791. The van der Waals surface area contributed by atoms with Crippen LogP contribution in [0.15, 0.2) is 42.5 Å². The van der Waals surface area contributed by atoms with Gasteiger partial charge in [-0.1, -0.05) is 6.07 Å². The topological polar surface area (TPSA) is 58.6 Å². The summed E-state index contributed by atoms with van der Waals surface area (Å²) in [7, 11) is 1.66. The molecule has 2 amide bonds. The highest BCUT2D eigenvalue weighted by Crippen LogP contribution is 2.34. The van der Waals surface area contributed by atoms with Crippen molar-refractivity contribution < 1.29 is 18.7 Å². The van der Waals surface area contributed by atoms with Gasteiger partial charge in [-0.25, -0.2) is 4.39 Å². The second-order valence-electron chi connectivity index (χ2n) is 5.30. The number of anilines is 2. The van der Waals surface area contributed by atoms with Gasteiger partial charge in [0.25, 0.3) is 11.8 Å². The van der Waals surface area contributed by atoms with Gasteiger partial charge < -0.3 is 15.0 Å². The number of halogens is 1. The van der Waals surface area contributed by atoms with Crippen LogP contribution in [0.2, 0.25) is 0 Å². The molecule has 1 aliphatic heterocycles. The summed E-state index contributed by atoms with van der Waals surface area (Å²) in [5.74, 6) is -0.485. The maximum atomic E-state index is 13.2. The average Bonchev–Trinajstić information content (AvgIpc) is 2.52. The summed E-state index contributed by atoms with van der Waals surface area (Å²) in [6.07, 6.45) is -0.603. The zero-order chi connectivity index (χ0) is 16.6. The minimum atomic E-state index is -0.603. The van der Waals surface area contributed by atoms with E-state index in [4.69, 9.17) is 4.74 Å². The van der Waals surface area contributed by atoms with Crippen molar-refractivity contribution in [2.45, 2.75) is 13.0 Å². The van der Waals surface area contributed by atoms with Crippen molar-refractivity contribution >= 4 is 23.2 Å². The predicted molar refractivity (Wildman–Crippen MR) is 84.3 cm³/mol. The quantitative estimate of drug-likeness (QED) is 0.927. The lowest BCUT2D eigenvalue weighted by Crippen LogP contribution is -2.42. The molecule has 6 heteroatoms. The normalized spacial score (nSPS) is 16.6. The summed E-state index contributed by atoms with van der Waals surface area (Å²) < 4.78 is 18.7. The van der Waals surface area contributed by atoms with Crippen LogP contribution in [0.25, 0.3) is 0 Å². The van der Waals surface area contributed by atoms with Gasteiger partial charge in [-0.15, -0.1) is 0 Å². The van der Waals surface area contributed by atoms with Gasteiger partial charge in [-0.3, -0.25) is 9.59 Å². The molecule has 0 radical (unpaired) electrons. The number of carbonyl (C=O) groups is 2. The molecule has 1 aliphatic rings. The van der Waals surface area contributed by atoms with Crippen molar-refractivity contribution in [3.05, 3.63) is 53.8 Å². The van der Waals surface area contributed by atoms with E-state index >= 15 is 0 Å². The second-order valence-corrected chi connectivity index (χ2v) is 5.30. The first-order chi connectivity index (χ1) is 11.0. The Kier molecular flexibility index (Phi) is 3.73. The Balaban J connectivity index is 1.86. The largest absolute Gasteiger partial charge is 0.479 e. The number of amides is 2. The number of ether oxygens (including phenoxy) is 1. The lowest BCUT2D eigenvalue weighted by atomic mass is 10.1. The third-order valence-electron chi connectivity index (χ3n) is 3.65. The minimum absolute atomic E-state index is 0.144. The molecule has 0 bridgehead atoms. The van der Waals surface area contributed by atoms with Gasteiger partial charge in [-0.05, 0) is 43.3 Å². The molecule has 0 saturated carbocycles. The summed E-state index contributed by atoms with van der Waals surface area (Å²) in [6, 6.07) is 10.5. The second kappa shape index (κ2) is 5.72. The number of nitrogens with zero attached hydrogens (tertiary/aromatic N) is 1. The number of likely N-dealkylation sites (N-methyl/N-ethyl adjacent to an activating group) is 1. The fraction of sp³-hybridized carbons (Fsp3) is 0.176. The standard InChI is InChI=1S/C17H15FN2O3/c1-10-17(22)20(2)14-7-6-11(8-15(14)23-10)16(21)19-13-5-3-4-12(18)9-13/h3-10H,1-2H3,(H,19,21). The molecule has 1 atom stereocenters. The van der Waals surface area contributed by atoms with Gasteiger partial charge in [0.05, 0.1) is 5.69 Å². The van der Waals surface area contributed by atoms with E-state index in [9.17, 15) is 14.0 Å². The molecule has 0 aromatic heterocycles. The first-order valence-corrected chi connectivity index (χ1v) is 7.11. The van der Waals surface area contributed by atoms with Crippen molar-refractivity contribution in [3.8, 4) is 5.75 Å². The van der Waals surface area contributed by atoms with Crippen LogP contribution >= 0.6 is 0 Å². The molecule has 118 valence electrons. The smallest absolute Gasteiger partial charge is 0.267 e. The Morgan fingerprint density at radius 3 is 2.78 bits per heavy atom. The molecule has 1 unspecified atom stereocenters. The fourth-order valence-electron chi connectivity index (χ4n) is 2.43. The lowest BCUT2D eigenvalue weighted by molar-refractivity contribution is -0.125. The fourth-order valence-corrected chi connectivity index (χ4v) is 2.43. The molecule has 1 N–H and O–H groups in total. The first kappa shape index (κ1) is 15.0. The first-order valence-electron chi connectivity index (χ1n) is 7.11. The molecular weight excluding hydrogens is 299 g/mol. The van der Waals surface area contributed by atoms with Gasteiger partial charge >= 0.3 is 0 Å². The van der Waals surface area contributed by atoms with Crippen LogP contribution in [-0.2, 0) is 4.79 Å². The highest BCUT2D eigenvalue weighted by Gasteiger charge is 2.29. The molecule has 1 heterocycles. The van der Waals surface area contributed by atoms with E-state index in [1.807, 2.05) is 0 Å². The molecule has 5 nitrogen and oxygen atoms in total. The minimum Gasteiger partial charge on any atom is -0.479 e. The average molecular weight is 314 g/mol. The van der Waals surface area contributed by atoms with Gasteiger partial charge in [0.1, 0.15) is 11.6 Å². The summed E-state index contributed by atoms with van der Waals surface area (Å²) in [6.45, 7) is 1.65. The lowest BCUT2D eigenvalue weighted by Gasteiger charge is -2.30. The van der Waals surface area contributed by atoms with E-state index in [-0.39, 0.29) is 11.8 Å². The van der Waals surface area contributed by atoms with Gasteiger partial charge in [0.2, 0.25) is 0 Å². The van der Waals surface area contributed by atoms with E-state index in [1.54, 1.807) is 38.2 Å². The number of benzene rings is 2. The van der Waals surface area contributed by atoms with Crippen molar-refractivity contribution in [1.82, 2.24) is 0 Å². The number of hydrogen-bond donors (Lipinski definition) is 1. The summed E-state index contributed by atoms with van der Waals surface area (Å²) in [5, 5.41) is 2.62. The predicted octanol–water partition coefficient (Wildman–Crippen LogP) is 2.82. The van der Waals surface area contributed by atoms with E-state index in [1.165, 1.54) is 23.1 Å². The van der Waals surface area contributed by atoms with Crippen molar-refractivity contribution in [2.75, 3.05) is 17.3 Å².